The minimum absolute atomic E-state index is 0.119. The monoisotopic (exact) mass is 408 g/mol. The van der Waals surface area contributed by atoms with Gasteiger partial charge in [-0.3, -0.25) is 0 Å². The number of nitrogens with one attached hydrogen (secondary N) is 1. The number of rotatable bonds is 4. The first kappa shape index (κ1) is 16.0. The van der Waals surface area contributed by atoms with E-state index in [0.29, 0.717) is 11.7 Å². The molecule has 0 aliphatic carbocycles. The van der Waals surface area contributed by atoms with Crippen molar-refractivity contribution in [3.05, 3.63) is 23.3 Å². The van der Waals surface area contributed by atoms with Gasteiger partial charge in [0.25, 0.3) is 0 Å². The molecule has 0 saturated carbocycles. The molecule has 0 bridgehead atoms. The van der Waals surface area contributed by atoms with Crippen LogP contribution in [-0.4, -0.2) is 41.3 Å². The summed E-state index contributed by atoms with van der Waals surface area (Å²) < 4.78 is 0.817. The molecular weight excluding hydrogens is 389 g/mol. The fourth-order valence-electron chi connectivity index (χ4n) is 1.36. The molecule has 0 fully saturated rings. The molecule has 6 heteroatoms. The second-order valence-electron chi connectivity index (χ2n) is 4.45. The number of hydrogen-bond acceptors (Lipinski definition) is 4. The van der Waals surface area contributed by atoms with Crippen LogP contribution in [0.5, 0.6) is 0 Å². The van der Waals surface area contributed by atoms with E-state index in [1.807, 2.05) is 20.8 Å². The first-order chi connectivity index (χ1) is 8.34. The predicted octanol–water partition coefficient (Wildman–Crippen LogP) is 0.512. The zero-order valence-corrected chi connectivity index (χ0v) is 12.9. The van der Waals surface area contributed by atoms with Crippen LogP contribution >= 0.6 is 0 Å². The quantitative estimate of drug-likeness (QED) is 0.791. The third kappa shape index (κ3) is 3.95. The molecule has 0 saturated heterocycles. The van der Waals surface area contributed by atoms with E-state index < -0.39 is 0 Å². The van der Waals surface area contributed by atoms with Gasteiger partial charge in [0.05, 0.1) is 0 Å². The van der Waals surface area contributed by atoms with Crippen molar-refractivity contribution in [1.82, 2.24) is 20.2 Å². The fourth-order valence-corrected chi connectivity index (χ4v) is 2.29. The van der Waals surface area contributed by atoms with E-state index in [4.69, 9.17) is 0 Å². The Labute approximate surface area is 138 Å². The van der Waals surface area contributed by atoms with Crippen LogP contribution in [0.15, 0.2) is 6.33 Å². The molecule has 0 spiro atoms. The second-order valence-corrected chi connectivity index (χ2v) is 5.31. The molecule has 18 heavy (non-hydrogen) atoms. The van der Waals surface area contributed by atoms with Gasteiger partial charge in [-0.1, -0.05) is 0 Å². The fraction of sp³-hybridized carbons (Fsp3) is 0.500. The van der Waals surface area contributed by atoms with Crippen molar-refractivity contribution < 1.29 is 48.9 Å². The van der Waals surface area contributed by atoms with Crippen molar-refractivity contribution in [3.8, 4) is 0 Å². The van der Waals surface area contributed by atoms with E-state index in [-0.39, 0.29) is 5.91 Å². The number of carbonyl (C=O) groups excluding carboxylic acids is 1. The molecule has 0 aliphatic rings. The van der Waals surface area contributed by atoms with Gasteiger partial charge in [0.2, 0.25) is 0 Å². The molecule has 1 aromatic rings. The third-order valence-corrected chi connectivity index (χ3v) is 2.93. The second kappa shape index (κ2) is 6.89. The molecule has 1 heterocycles. The summed E-state index contributed by atoms with van der Waals surface area (Å²) in [5.74, 6) is -0.119. The van der Waals surface area contributed by atoms with Crippen LogP contribution in [0.3, 0.4) is 0 Å². The maximum absolute atomic E-state index is 12.0. The van der Waals surface area contributed by atoms with Gasteiger partial charge in [-0.05, 0) is 0 Å². The molecule has 1 N–H and O–H groups in total. The first-order valence-corrected chi connectivity index (χ1v) is 6.47. The zero-order valence-electron chi connectivity index (χ0n) is 11.2. The molecule has 1 aromatic heterocycles. The molecule has 0 aromatic carbocycles. The van der Waals surface area contributed by atoms with E-state index in [9.17, 15) is 4.79 Å². The molecule has 106 valence electrons. The number of hydrogen-bond donors (Lipinski definition) is 1. The molecule has 5 nitrogen and oxygen atoms in total. The standard InChI is InChI=1S/C12H18N4O.Yb/c1-8(2)13-6-10-9(3)11(15-7-14-10)12(17)16(4)5;/h7-8,13H,1-5H3;. The summed E-state index contributed by atoms with van der Waals surface area (Å²) in [4.78, 5) is 21.7. The average molecular weight is 407 g/mol. The van der Waals surface area contributed by atoms with Gasteiger partial charge in [0, 0.05) is 0 Å². The molecular formula is C12H18N4OYb. The topological polar surface area (TPSA) is 58.1 Å². The maximum atomic E-state index is 12.0. The number of aromatic nitrogens is 2. The van der Waals surface area contributed by atoms with Crippen LogP contribution < -0.4 is 5.32 Å². The molecule has 0 radical (unpaired) electrons. The molecule has 0 atom stereocenters. The number of amides is 1. The van der Waals surface area contributed by atoms with E-state index in [1.165, 1.54) is 11.2 Å². The summed E-state index contributed by atoms with van der Waals surface area (Å²) in [6, 6.07) is 0.292. The predicted molar refractivity (Wildman–Crippen MR) is 67.2 cm³/mol. The average Bonchev–Trinajstić information content (AvgIpc) is 2.27. The summed E-state index contributed by atoms with van der Waals surface area (Å²) in [7, 11) is 3.41. The van der Waals surface area contributed by atoms with E-state index >= 15 is 0 Å². The van der Waals surface area contributed by atoms with Crippen LogP contribution in [0, 0.1) is 51.0 Å². The summed E-state index contributed by atoms with van der Waals surface area (Å²) >= 11 is 3.06. The van der Waals surface area contributed by atoms with Crippen molar-refractivity contribution in [2.45, 2.75) is 26.8 Å². The Morgan fingerprint density at radius 3 is 2.39 bits per heavy atom. The Kier molecular flexibility index (Phi) is 6.11. The molecule has 0 unspecified atom stereocenters. The Hall–Kier alpha value is -0.101. The first-order valence-electron chi connectivity index (χ1n) is 5.61. The van der Waals surface area contributed by atoms with Crippen molar-refractivity contribution in [1.29, 1.82) is 0 Å². The Bertz CT molecular complexity index is 471. The minimum atomic E-state index is -0.119. The number of carbonyl (C=O) groups is 1. The van der Waals surface area contributed by atoms with Crippen molar-refractivity contribution in [2.75, 3.05) is 14.1 Å². The van der Waals surface area contributed by atoms with E-state index in [1.54, 1.807) is 14.1 Å². The van der Waals surface area contributed by atoms with Gasteiger partial charge >= 0.3 is 140 Å². The van der Waals surface area contributed by atoms with Gasteiger partial charge < -0.3 is 0 Å². The van der Waals surface area contributed by atoms with Gasteiger partial charge in [-0.15, -0.1) is 0 Å². The van der Waals surface area contributed by atoms with Crippen LogP contribution in [0.1, 0.15) is 35.6 Å². The number of nitrogens with zero attached hydrogens (tertiary/aromatic N) is 3. The normalized spacial score (nSPS) is 10.7. The summed E-state index contributed by atoms with van der Waals surface area (Å²) in [5, 5.41) is 3.23. The van der Waals surface area contributed by atoms with Gasteiger partial charge in [0.1, 0.15) is 0 Å². The summed E-state index contributed by atoms with van der Waals surface area (Å²) in [5.41, 5.74) is 1.94. The molecule has 1 rings (SSSR count). The van der Waals surface area contributed by atoms with Gasteiger partial charge in [-0.25, -0.2) is 0 Å². The van der Waals surface area contributed by atoms with E-state index in [2.05, 4.69) is 59.4 Å². The van der Waals surface area contributed by atoms with Crippen LogP contribution in [0.25, 0.3) is 0 Å². The third-order valence-electron chi connectivity index (χ3n) is 2.27. The van der Waals surface area contributed by atoms with E-state index in [0.717, 1.165) is 11.6 Å². The van der Waals surface area contributed by atoms with Crippen LogP contribution in [0.4, 0.5) is 0 Å². The zero-order chi connectivity index (χ0) is 13.9. The van der Waals surface area contributed by atoms with Crippen molar-refractivity contribution >= 4 is 6.27 Å². The van der Waals surface area contributed by atoms with Gasteiger partial charge in [-0.2, -0.15) is 0 Å². The summed E-state index contributed by atoms with van der Waals surface area (Å²) in [6.07, 6.45) is 1.41. The SMILES string of the molecule is Cc1c(C(=O)N(C)C)ncnc1[C](=[Yb])NC(C)C. The Morgan fingerprint density at radius 2 is 1.89 bits per heavy atom. The van der Waals surface area contributed by atoms with Crippen molar-refractivity contribution in [2.24, 2.45) is 0 Å². The molecule has 1 amide bonds. The van der Waals surface area contributed by atoms with Crippen LogP contribution in [-0.2, 0) is 0 Å². The Balaban J connectivity index is 3.13. The van der Waals surface area contributed by atoms with Crippen molar-refractivity contribution in [3.63, 3.8) is 0 Å². The van der Waals surface area contributed by atoms with Gasteiger partial charge in [0.15, 0.2) is 0 Å². The summed E-state index contributed by atoms with van der Waals surface area (Å²) in [6.45, 7) is 5.93. The molecule has 0 aliphatic heterocycles. The van der Waals surface area contributed by atoms with Crippen LogP contribution in [0.2, 0.25) is 0 Å². The Morgan fingerprint density at radius 1 is 1.33 bits per heavy atom.